The molecule has 0 aliphatic carbocycles. The molecule has 0 bridgehead atoms. The molecule has 1 aliphatic heterocycles. The average Bonchev–Trinajstić information content (AvgIpc) is 2.36. The monoisotopic (exact) mass is 265 g/mol. The fraction of sp³-hybridized carbons (Fsp3) is 0.600. The molecule has 4 heteroatoms. The van der Waals surface area contributed by atoms with Gasteiger partial charge in [-0.25, -0.2) is 4.39 Å². The van der Waals surface area contributed by atoms with E-state index in [4.69, 9.17) is 0 Å². The summed E-state index contributed by atoms with van der Waals surface area (Å²) in [6, 6.07) is 7.83. The lowest BCUT2D eigenvalue weighted by molar-refractivity contribution is 0.0626. The van der Waals surface area contributed by atoms with Gasteiger partial charge in [-0.2, -0.15) is 0 Å². The van der Waals surface area contributed by atoms with Gasteiger partial charge in [-0.1, -0.05) is 6.07 Å². The van der Waals surface area contributed by atoms with Crippen molar-refractivity contribution in [3.8, 4) is 0 Å². The highest BCUT2D eigenvalue weighted by Gasteiger charge is 2.25. The van der Waals surface area contributed by atoms with Crippen LogP contribution in [0.15, 0.2) is 24.3 Å². The molecule has 19 heavy (non-hydrogen) atoms. The molecule has 0 amide bonds. The molecule has 1 N–H and O–H groups in total. The fourth-order valence-electron chi connectivity index (χ4n) is 2.65. The summed E-state index contributed by atoms with van der Waals surface area (Å²) >= 11 is 0. The smallest absolute Gasteiger partial charge is 0.125 e. The van der Waals surface area contributed by atoms with E-state index < -0.39 is 0 Å². The minimum Gasteiger partial charge on any atom is -0.384 e. The zero-order chi connectivity index (χ0) is 13.8. The molecule has 0 saturated carbocycles. The minimum atomic E-state index is -0.188. The first-order valence-corrected chi connectivity index (χ1v) is 7.00. The molecule has 1 heterocycles. The first kappa shape index (κ1) is 14.3. The highest BCUT2D eigenvalue weighted by Crippen LogP contribution is 2.13. The molecule has 2 atom stereocenters. The lowest BCUT2D eigenvalue weighted by Crippen LogP contribution is -2.55. The highest BCUT2D eigenvalue weighted by molar-refractivity contribution is 5.42. The first-order chi connectivity index (χ1) is 9.06. The van der Waals surface area contributed by atoms with Gasteiger partial charge in [-0.3, -0.25) is 9.80 Å². The standard InChI is InChI=1S/C15H24FN3/c1-12-10-19(11-13(2)18(12)3)8-7-17-15-6-4-5-14(16)9-15/h4-6,9,12-13,17H,7-8,10-11H2,1-3H3. The maximum Gasteiger partial charge on any atom is 0.125 e. The van der Waals surface area contributed by atoms with Gasteiger partial charge in [-0.05, 0) is 39.1 Å². The van der Waals surface area contributed by atoms with Crippen LogP contribution in [0.1, 0.15) is 13.8 Å². The van der Waals surface area contributed by atoms with Crippen LogP contribution < -0.4 is 5.32 Å². The van der Waals surface area contributed by atoms with E-state index in [1.807, 2.05) is 6.07 Å². The molecule has 0 spiro atoms. The molecule has 1 aromatic carbocycles. The van der Waals surface area contributed by atoms with Gasteiger partial charge in [0.25, 0.3) is 0 Å². The largest absolute Gasteiger partial charge is 0.384 e. The number of benzene rings is 1. The molecule has 2 rings (SSSR count). The van der Waals surface area contributed by atoms with Crippen molar-refractivity contribution in [3.05, 3.63) is 30.1 Å². The molecule has 0 radical (unpaired) electrons. The van der Waals surface area contributed by atoms with Crippen LogP contribution in [0.4, 0.5) is 10.1 Å². The lowest BCUT2D eigenvalue weighted by atomic mass is 10.1. The second-order valence-electron chi connectivity index (χ2n) is 5.56. The lowest BCUT2D eigenvalue weighted by Gasteiger charge is -2.42. The van der Waals surface area contributed by atoms with Crippen molar-refractivity contribution < 1.29 is 4.39 Å². The van der Waals surface area contributed by atoms with Gasteiger partial charge in [0.1, 0.15) is 5.82 Å². The van der Waals surface area contributed by atoms with E-state index in [0.29, 0.717) is 12.1 Å². The van der Waals surface area contributed by atoms with E-state index >= 15 is 0 Å². The third-order valence-corrected chi connectivity index (χ3v) is 4.02. The number of likely N-dealkylation sites (N-methyl/N-ethyl adjacent to an activating group) is 1. The Morgan fingerprint density at radius 2 is 1.95 bits per heavy atom. The quantitative estimate of drug-likeness (QED) is 0.901. The second-order valence-corrected chi connectivity index (χ2v) is 5.56. The predicted octanol–water partition coefficient (Wildman–Crippen LogP) is 2.26. The molecule has 1 aliphatic rings. The predicted molar refractivity (Wildman–Crippen MR) is 78.0 cm³/mol. The maximum atomic E-state index is 13.0. The van der Waals surface area contributed by atoms with Crippen molar-refractivity contribution in [1.82, 2.24) is 9.80 Å². The fourth-order valence-corrected chi connectivity index (χ4v) is 2.65. The van der Waals surface area contributed by atoms with Gasteiger partial charge in [0, 0.05) is 44.0 Å². The van der Waals surface area contributed by atoms with Crippen LogP contribution in [0.2, 0.25) is 0 Å². The number of anilines is 1. The summed E-state index contributed by atoms with van der Waals surface area (Å²) in [6.45, 7) is 8.59. The summed E-state index contributed by atoms with van der Waals surface area (Å²) in [5.74, 6) is -0.188. The van der Waals surface area contributed by atoms with Gasteiger partial charge in [-0.15, -0.1) is 0 Å². The van der Waals surface area contributed by atoms with E-state index in [2.05, 4.69) is 36.0 Å². The van der Waals surface area contributed by atoms with Gasteiger partial charge in [0.05, 0.1) is 0 Å². The van der Waals surface area contributed by atoms with Crippen LogP contribution in [0.5, 0.6) is 0 Å². The number of nitrogens with zero attached hydrogens (tertiary/aromatic N) is 2. The van der Waals surface area contributed by atoms with Crippen molar-refractivity contribution in [3.63, 3.8) is 0 Å². The first-order valence-electron chi connectivity index (χ1n) is 7.00. The van der Waals surface area contributed by atoms with E-state index in [1.165, 1.54) is 12.1 Å². The molecule has 1 aromatic rings. The normalized spacial score (nSPS) is 25.5. The number of hydrogen-bond donors (Lipinski definition) is 1. The van der Waals surface area contributed by atoms with E-state index in [1.54, 1.807) is 6.07 Å². The summed E-state index contributed by atoms with van der Waals surface area (Å²) in [4.78, 5) is 4.90. The van der Waals surface area contributed by atoms with E-state index in [9.17, 15) is 4.39 Å². The Balaban J connectivity index is 1.77. The molecule has 2 unspecified atom stereocenters. The Kier molecular flexibility index (Phi) is 4.77. The summed E-state index contributed by atoms with van der Waals surface area (Å²) < 4.78 is 13.0. The summed E-state index contributed by atoms with van der Waals surface area (Å²) in [5, 5.41) is 3.28. The Morgan fingerprint density at radius 1 is 1.26 bits per heavy atom. The zero-order valence-corrected chi connectivity index (χ0v) is 12.1. The third-order valence-electron chi connectivity index (χ3n) is 4.02. The summed E-state index contributed by atoms with van der Waals surface area (Å²) in [6.07, 6.45) is 0. The molecule has 3 nitrogen and oxygen atoms in total. The van der Waals surface area contributed by atoms with Crippen LogP contribution in [0, 0.1) is 5.82 Å². The van der Waals surface area contributed by atoms with E-state index in [0.717, 1.165) is 31.9 Å². The van der Waals surface area contributed by atoms with Gasteiger partial charge in [0.2, 0.25) is 0 Å². The number of halogens is 1. The summed E-state index contributed by atoms with van der Waals surface area (Å²) in [7, 11) is 2.19. The van der Waals surface area contributed by atoms with E-state index in [-0.39, 0.29) is 5.82 Å². The van der Waals surface area contributed by atoms with Crippen molar-refractivity contribution in [2.45, 2.75) is 25.9 Å². The van der Waals surface area contributed by atoms with Gasteiger partial charge >= 0.3 is 0 Å². The third kappa shape index (κ3) is 3.91. The van der Waals surface area contributed by atoms with Crippen molar-refractivity contribution in [2.75, 3.05) is 38.5 Å². The number of hydrogen-bond acceptors (Lipinski definition) is 3. The molecular formula is C15H24FN3. The Labute approximate surface area is 115 Å². The Hall–Kier alpha value is -1.13. The van der Waals surface area contributed by atoms with Crippen molar-refractivity contribution in [1.29, 1.82) is 0 Å². The molecular weight excluding hydrogens is 241 g/mol. The van der Waals surface area contributed by atoms with Gasteiger partial charge in [0.15, 0.2) is 0 Å². The SMILES string of the molecule is CC1CN(CCNc2cccc(F)c2)CC(C)N1C. The van der Waals surface area contributed by atoms with Crippen LogP contribution in [-0.2, 0) is 0 Å². The zero-order valence-electron chi connectivity index (χ0n) is 12.1. The number of piperazine rings is 1. The number of rotatable bonds is 4. The maximum absolute atomic E-state index is 13.0. The Morgan fingerprint density at radius 3 is 2.58 bits per heavy atom. The number of nitrogens with one attached hydrogen (secondary N) is 1. The van der Waals surface area contributed by atoms with Crippen molar-refractivity contribution >= 4 is 5.69 Å². The molecule has 106 valence electrons. The molecule has 0 aromatic heterocycles. The Bertz CT molecular complexity index is 398. The minimum absolute atomic E-state index is 0.188. The highest BCUT2D eigenvalue weighted by atomic mass is 19.1. The van der Waals surface area contributed by atoms with Crippen LogP contribution in [0.25, 0.3) is 0 Å². The topological polar surface area (TPSA) is 18.5 Å². The van der Waals surface area contributed by atoms with Crippen LogP contribution in [0.3, 0.4) is 0 Å². The van der Waals surface area contributed by atoms with Crippen molar-refractivity contribution in [2.24, 2.45) is 0 Å². The summed E-state index contributed by atoms with van der Waals surface area (Å²) in [5.41, 5.74) is 0.857. The second kappa shape index (κ2) is 6.35. The van der Waals surface area contributed by atoms with Crippen LogP contribution >= 0.6 is 0 Å². The van der Waals surface area contributed by atoms with Crippen LogP contribution in [-0.4, -0.2) is 55.1 Å². The molecule has 1 saturated heterocycles. The molecule has 1 fully saturated rings. The van der Waals surface area contributed by atoms with Gasteiger partial charge < -0.3 is 5.32 Å². The average molecular weight is 265 g/mol.